The van der Waals surface area contributed by atoms with Gasteiger partial charge in [-0.3, -0.25) is 4.79 Å². The first-order chi connectivity index (χ1) is 14.0. The zero-order valence-electron chi connectivity index (χ0n) is 16.6. The van der Waals surface area contributed by atoms with Gasteiger partial charge in [0.05, 0.1) is 5.75 Å². The van der Waals surface area contributed by atoms with Crippen molar-refractivity contribution in [2.24, 2.45) is 7.05 Å². The van der Waals surface area contributed by atoms with Crippen LogP contribution in [-0.4, -0.2) is 26.4 Å². The van der Waals surface area contributed by atoms with E-state index in [4.69, 9.17) is 4.74 Å². The highest BCUT2D eigenvalue weighted by atomic mass is 79.9. The van der Waals surface area contributed by atoms with Crippen LogP contribution in [-0.2, 0) is 18.3 Å². The molecule has 0 saturated carbocycles. The Morgan fingerprint density at radius 2 is 1.93 bits per heavy atom. The highest BCUT2D eigenvalue weighted by molar-refractivity contribution is 9.10. The zero-order chi connectivity index (χ0) is 20.8. The Bertz CT molecular complexity index is 975. The highest BCUT2D eigenvalue weighted by Crippen LogP contribution is 2.25. The van der Waals surface area contributed by atoms with Crippen LogP contribution in [0.2, 0.25) is 0 Å². The van der Waals surface area contributed by atoms with Crippen LogP contribution < -0.4 is 10.1 Å². The Hall–Kier alpha value is -2.32. The van der Waals surface area contributed by atoms with Gasteiger partial charge in [0.25, 0.3) is 0 Å². The smallest absolute Gasteiger partial charge is 0.234 e. The van der Waals surface area contributed by atoms with Crippen LogP contribution in [0.5, 0.6) is 5.75 Å². The molecule has 1 amide bonds. The molecule has 0 spiro atoms. The number of thioether (sulfide) groups is 1. The third kappa shape index (κ3) is 5.61. The summed E-state index contributed by atoms with van der Waals surface area (Å²) < 4.78 is 8.80. The fourth-order valence-corrected chi connectivity index (χ4v) is 3.83. The van der Waals surface area contributed by atoms with Crippen LogP contribution in [0.1, 0.15) is 31.3 Å². The lowest BCUT2D eigenvalue weighted by atomic mass is 10.1. The molecule has 1 aromatic heterocycles. The number of rotatable bonds is 8. The number of amides is 1. The second-order valence-corrected chi connectivity index (χ2v) is 8.32. The van der Waals surface area contributed by atoms with Crippen LogP contribution in [0.3, 0.4) is 0 Å². The van der Waals surface area contributed by atoms with Gasteiger partial charge in [-0.15, -0.1) is 10.2 Å². The Balaban J connectivity index is 1.59. The summed E-state index contributed by atoms with van der Waals surface area (Å²) in [6.07, 6.45) is 0.597. The maximum Gasteiger partial charge on any atom is 0.234 e. The van der Waals surface area contributed by atoms with Crippen molar-refractivity contribution in [3.8, 4) is 5.75 Å². The summed E-state index contributed by atoms with van der Waals surface area (Å²) >= 11 is 4.76. The van der Waals surface area contributed by atoms with Crippen molar-refractivity contribution in [2.45, 2.75) is 31.5 Å². The van der Waals surface area contributed by atoms with Gasteiger partial charge in [0, 0.05) is 17.2 Å². The Labute approximate surface area is 183 Å². The molecular weight excluding hydrogens is 452 g/mol. The predicted molar refractivity (Wildman–Crippen MR) is 119 cm³/mol. The van der Waals surface area contributed by atoms with Crippen LogP contribution >= 0.6 is 27.7 Å². The number of nitrogens with zero attached hydrogens (tertiary/aromatic N) is 3. The van der Waals surface area contributed by atoms with Crippen molar-refractivity contribution < 1.29 is 9.53 Å². The monoisotopic (exact) mass is 474 g/mol. The second kappa shape index (κ2) is 9.93. The van der Waals surface area contributed by atoms with E-state index in [1.165, 1.54) is 11.8 Å². The average Bonchev–Trinajstić information content (AvgIpc) is 3.09. The van der Waals surface area contributed by atoms with Crippen molar-refractivity contribution in [1.82, 2.24) is 14.8 Å². The number of ether oxygens (including phenoxy) is 1. The summed E-state index contributed by atoms with van der Waals surface area (Å²) in [5.41, 5.74) is 1.97. The average molecular weight is 475 g/mol. The van der Waals surface area contributed by atoms with Crippen LogP contribution in [0.15, 0.2) is 58.2 Å². The molecule has 1 atom stereocenters. The predicted octanol–water partition coefficient (Wildman–Crippen LogP) is 5.01. The molecule has 0 fully saturated rings. The largest absolute Gasteiger partial charge is 0.483 e. The minimum atomic E-state index is -0.270. The van der Waals surface area contributed by atoms with Gasteiger partial charge < -0.3 is 14.6 Å². The minimum absolute atomic E-state index is 0.0698. The van der Waals surface area contributed by atoms with E-state index in [9.17, 15) is 4.79 Å². The van der Waals surface area contributed by atoms with Crippen molar-refractivity contribution in [2.75, 3.05) is 11.1 Å². The van der Waals surface area contributed by atoms with E-state index in [-0.39, 0.29) is 17.8 Å². The van der Waals surface area contributed by atoms with Gasteiger partial charge in [-0.1, -0.05) is 52.8 Å². The van der Waals surface area contributed by atoms with E-state index in [2.05, 4.69) is 38.4 Å². The van der Waals surface area contributed by atoms with E-state index in [1.807, 2.05) is 67.1 Å². The number of benzene rings is 2. The summed E-state index contributed by atoms with van der Waals surface area (Å²) in [6, 6.07) is 15.5. The summed E-state index contributed by atoms with van der Waals surface area (Å²) in [7, 11) is 1.88. The van der Waals surface area contributed by atoms with E-state index in [0.29, 0.717) is 11.0 Å². The molecule has 0 bridgehead atoms. The number of aryl methyl sites for hydroxylation is 1. The molecule has 0 saturated heterocycles. The van der Waals surface area contributed by atoms with Crippen LogP contribution in [0.25, 0.3) is 0 Å². The van der Waals surface area contributed by atoms with E-state index < -0.39 is 0 Å². The third-order valence-corrected chi connectivity index (χ3v) is 5.91. The molecule has 0 radical (unpaired) electrons. The number of hydrogen-bond donors (Lipinski definition) is 1. The lowest BCUT2D eigenvalue weighted by Crippen LogP contribution is -2.16. The van der Waals surface area contributed by atoms with Crippen LogP contribution in [0.4, 0.5) is 5.69 Å². The highest BCUT2D eigenvalue weighted by Gasteiger charge is 2.18. The van der Waals surface area contributed by atoms with E-state index in [0.717, 1.165) is 27.9 Å². The maximum atomic E-state index is 12.4. The Kier molecular flexibility index (Phi) is 7.33. The SMILES string of the molecule is CCc1ccccc1NC(=O)CSc1nnc(C(C)Oc2ccc(Br)cc2)n1C. The maximum absolute atomic E-state index is 12.4. The summed E-state index contributed by atoms with van der Waals surface area (Å²) in [4.78, 5) is 12.4. The molecule has 1 N–H and O–H groups in total. The minimum Gasteiger partial charge on any atom is -0.483 e. The number of aromatic nitrogens is 3. The number of nitrogens with one attached hydrogen (secondary N) is 1. The van der Waals surface area contributed by atoms with Gasteiger partial charge in [-0.05, 0) is 49.2 Å². The molecule has 1 unspecified atom stereocenters. The van der Waals surface area contributed by atoms with Crippen molar-refractivity contribution >= 4 is 39.3 Å². The number of para-hydroxylation sites is 1. The summed E-state index contributed by atoms with van der Waals surface area (Å²) in [5.74, 6) is 1.64. The standard InChI is InChI=1S/C21H23BrN4O2S/c1-4-15-7-5-6-8-18(15)23-19(27)13-29-21-25-24-20(26(21)3)14(2)28-17-11-9-16(22)10-12-17/h5-12,14H,4,13H2,1-3H3,(H,23,27). The first-order valence-corrected chi connectivity index (χ1v) is 11.1. The van der Waals surface area contributed by atoms with Crippen LogP contribution in [0, 0.1) is 0 Å². The molecule has 3 aromatic rings. The summed E-state index contributed by atoms with van der Waals surface area (Å²) in [5, 5.41) is 12.1. The molecule has 2 aromatic carbocycles. The van der Waals surface area contributed by atoms with Crippen molar-refractivity contribution in [3.63, 3.8) is 0 Å². The van der Waals surface area contributed by atoms with Gasteiger partial charge in [0.2, 0.25) is 5.91 Å². The third-order valence-electron chi connectivity index (χ3n) is 4.36. The number of carbonyl (C=O) groups excluding carboxylic acids is 1. The fourth-order valence-electron chi connectivity index (χ4n) is 2.84. The van der Waals surface area contributed by atoms with Gasteiger partial charge in [0.15, 0.2) is 17.1 Å². The lowest BCUT2D eigenvalue weighted by molar-refractivity contribution is -0.113. The first-order valence-electron chi connectivity index (χ1n) is 9.30. The molecule has 8 heteroatoms. The van der Waals surface area contributed by atoms with E-state index >= 15 is 0 Å². The number of hydrogen-bond acceptors (Lipinski definition) is 5. The Morgan fingerprint density at radius 1 is 1.21 bits per heavy atom. The molecule has 29 heavy (non-hydrogen) atoms. The first kappa shape index (κ1) is 21.4. The topological polar surface area (TPSA) is 69.0 Å². The van der Waals surface area contributed by atoms with Gasteiger partial charge in [-0.25, -0.2) is 0 Å². The van der Waals surface area contributed by atoms with Crippen molar-refractivity contribution in [3.05, 3.63) is 64.4 Å². The molecule has 152 valence electrons. The lowest BCUT2D eigenvalue weighted by Gasteiger charge is -2.14. The molecule has 6 nitrogen and oxygen atoms in total. The normalized spacial score (nSPS) is 11.9. The molecule has 1 heterocycles. The molecule has 3 rings (SSSR count). The van der Waals surface area contributed by atoms with Gasteiger partial charge in [-0.2, -0.15) is 0 Å². The second-order valence-electron chi connectivity index (χ2n) is 6.46. The fraction of sp³-hybridized carbons (Fsp3) is 0.286. The molecular formula is C21H23BrN4O2S. The van der Waals surface area contributed by atoms with Crippen molar-refractivity contribution in [1.29, 1.82) is 0 Å². The quantitative estimate of drug-likeness (QED) is 0.464. The number of anilines is 1. The van der Waals surface area contributed by atoms with E-state index in [1.54, 1.807) is 0 Å². The Morgan fingerprint density at radius 3 is 2.66 bits per heavy atom. The summed E-state index contributed by atoms with van der Waals surface area (Å²) in [6.45, 7) is 3.99. The van der Waals surface area contributed by atoms with Gasteiger partial charge in [0.1, 0.15) is 5.75 Å². The van der Waals surface area contributed by atoms with Gasteiger partial charge >= 0.3 is 0 Å². The number of halogens is 1. The number of carbonyl (C=O) groups is 1. The molecule has 0 aliphatic carbocycles. The molecule has 0 aliphatic heterocycles. The zero-order valence-corrected chi connectivity index (χ0v) is 19.0. The molecule has 0 aliphatic rings.